The van der Waals surface area contributed by atoms with E-state index in [9.17, 15) is 4.79 Å². The van der Waals surface area contributed by atoms with Gasteiger partial charge in [-0.15, -0.1) is 0 Å². The van der Waals surface area contributed by atoms with Crippen molar-refractivity contribution in [3.63, 3.8) is 0 Å². The SMILES string of the molecule is Nc1n[nH]c(CCC(=O)O)c1-c1ccccc1. The number of rotatable bonds is 4. The second-order valence-corrected chi connectivity index (χ2v) is 3.72. The largest absolute Gasteiger partial charge is 0.481 e. The van der Waals surface area contributed by atoms with Gasteiger partial charge in [0.1, 0.15) is 0 Å². The molecule has 4 N–H and O–H groups in total. The van der Waals surface area contributed by atoms with Gasteiger partial charge in [-0.05, 0) is 5.56 Å². The molecule has 1 aromatic carbocycles. The number of carboxylic acid groups (broad SMARTS) is 1. The Balaban J connectivity index is 2.33. The molecule has 0 amide bonds. The summed E-state index contributed by atoms with van der Waals surface area (Å²) in [4.78, 5) is 10.6. The first kappa shape index (κ1) is 11.2. The number of aromatic amines is 1. The zero-order valence-electron chi connectivity index (χ0n) is 9.18. The molecule has 5 heteroatoms. The summed E-state index contributed by atoms with van der Waals surface area (Å²) in [6, 6.07) is 9.57. The molecule has 0 fully saturated rings. The molecule has 17 heavy (non-hydrogen) atoms. The molecule has 0 aliphatic heterocycles. The normalized spacial score (nSPS) is 10.4. The van der Waals surface area contributed by atoms with Crippen LogP contribution in [0, 0.1) is 0 Å². The predicted molar refractivity (Wildman–Crippen MR) is 64.4 cm³/mol. The minimum atomic E-state index is -0.836. The van der Waals surface area contributed by atoms with Crippen molar-refractivity contribution >= 4 is 11.8 Å². The van der Waals surface area contributed by atoms with Crippen molar-refractivity contribution < 1.29 is 9.90 Å². The number of H-pyrrole nitrogens is 1. The van der Waals surface area contributed by atoms with Gasteiger partial charge in [-0.1, -0.05) is 30.3 Å². The number of nitrogens with one attached hydrogen (secondary N) is 1. The molecule has 2 rings (SSSR count). The minimum Gasteiger partial charge on any atom is -0.481 e. The number of carboxylic acids is 1. The molecule has 5 nitrogen and oxygen atoms in total. The highest BCUT2D eigenvalue weighted by molar-refractivity contribution is 5.77. The number of carbonyl (C=O) groups is 1. The number of aromatic nitrogens is 2. The van der Waals surface area contributed by atoms with Crippen molar-refractivity contribution in [3.8, 4) is 11.1 Å². The van der Waals surface area contributed by atoms with Crippen molar-refractivity contribution in [1.82, 2.24) is 10.2 Å². The molecule has 0 aliphatic rings. The van der Waals surface area contributed by atoms with E-state index in [1.54, 1.807) is 0 Å². The van der Waals surface area contributed by atoms with Crippen molar-refractivity contribution in [2.24, 2.45) is 0 Å². The molecule has 0 spiro atoms. The summed E-state index contributed by atoms with van der Waals surface area (Å²) in [5.41, 5.74) is 8.29. The fourth-order valence-corrected chi connectivity index (χ4v) is 1.73. The van der Waals surface area contributed by atoms with Gasteiger partial charge in [-0.2, -0.15) is 5.10 Å². The standard InChI is InChI=1S/C12H13N3O2/c13-12-11(8-4-2-1-3-5-8)9(14-15-12)6-7-10(16)17/h1-5H,6-7H2,(H,16,17)(H3,13,14,15). The Bertz CT molecular complexity index is 520. The zero-order chi connectivity index (χ0) is 12.3. The first-order valence-corrected chi connectivity index (χ1v) is 5.28. The van der Waals surface area contributed by atoms with Crippen LogP contribution in [0.4, 0.5) is 5.82 Å². The van der Waals surface area contributed by atoms with E-state index in [4.69, 9.17) is 10.8 Å². The number of hydrogen-bond donors (Lipinski definition) is 3. The van der Waals surface area contributed by atoms with Crippen LogP contribution >= 0.6 is 0 Å². The highest BCUT2D eigenvalue weighted by Crippen LogP contribution is 2.28. The van der Waals surface area contributed by atoms with Crippen LogP contribution in [0.3, 0.4) is 0 Å². The number of aryl methyl sites for hydroxylation is 1. The molecule has 0 unspecified atom stereocenters. The average Bonchev–Trinajstić information content (AvgIpc) is 2.69. The minimum absolute atomic E-state index is 0.0570. The summed E-state index contributed by atoms with van der Waals surface area (Å²) < 4.78 is 0. The highest BCUT2D eigenvalue weighted by Gasteiger charge is 2.13. The van der Waals surface area contributed by atoms with Crippen LogP contribution in [0.15, 0.2) is 30.3 Å². The summed E-state index contributed by atoms with van der Waals surface area (Å²) >= 11 is 0. The van der Waals surface area contributed by atoms with Gasteiger partial charge in [0.05, 0.1) is 6.42 Å². The summed E-state index contributed by atoms with van der Waals surface area (Å²) in [7, 11) is 0. The van der Waals surface area contributed by atoms with E-state index < -0.39 is 5.97 Å². The maximum Gasteiger partial charge on any atom is 0.303 e. The van der Waals surface area contributed by atoms with Gasteiger partial charge >= 0.3 is 5.97 Å². The number of nitrogens with zero attached hydrogens (tertiary/aromatic N) is 1. The second kappa shape index (κ2) is 4.69. The molecule has 0 bridgehead atoms. The molecule has 0 saturated carbocycles. The monoisotopic (exact) mass is 231 g/mol. The maximum absolute atomic E-state index is 10.6. The Labute approximate surface area is 98.3 Å². The quantitative estimate of drug-likeness (QED) is 0.746. The van der Waals surface area contributed by atoms with Crippen molar-refractivity contribution in [1.29, 1.82) is 0 Å². The molecule has 0 atom stereocenters. The summed E-state index contributed by atoms with van der Waals surface area (Å²) in [6.07, 6.45) is 0.450. The lowest BCUT2D eigenvalue weighted by atomic mass is 10.0. The van der Waals surface area contributed by atoms with E-state index >= 15 is 0 Å². The molecule has 88 valence electrons. The molecule has 1 aromatic heterocycles. The van der Waals surface area contributed by atoms with Crippen LogP contribution < -0.4 is 5.73 Å². The molecule has 0 radical (unpaired) electrons. The lowest BCUT2D eigenvalue weighted by molar-refractivity contribution is -0.136. The number of nitrogens with two attached hydrogens (primary N) is 1. The third-order valence-electron chi connectivity index (χ3n) is 2.52. The number of anilines is 1. The molecular formula is C12H13N3O2. The third-order valence-corrected chi connectivity index (χ3v) is 2.52. The molecule has 0 saturated heterocycles. The number of hydrogen-bond acceptors (Lipinski definition) is 3. The Hall–Kier alpha value is -2.30. The summed E-state index contributed by atoms with van der Waals surface area (Å²) in [5.74, 6) is -0.436. The highest BCUT2D eigenvalue weighted by atomic mass is 16.4. The molecule has 1 heterocycles. The smallest absolute Gasteiger partial charge is 0.303 e. The van der Waals surface area contributed by atoms with Crippen LogP contribution in [0.25, 0.3) is 11.1 Å². The van der Waals surface area contributed by atoms with Crippen molar-refractivity contribution in [3.05, 3.63) is 36.0 Å². The van der Waals surface area contributed by atoms with Crippen LogP contribution in [0.1, 0.15) is 12.1 Å². The first-order chi connectivity index (χ1) is 8.18. The van der Waals surface area contributed by atoms with E-state index in [2.05, 4.69) is 10.2 Å². The third kappa shape index (κ3) is 2.44. The molecular weight excluding hydrogens is 218 g/mol. The Morgan fingerprint density at radius 1 is 1.35 bits per heavy atom. The fraction of sp³-hybridized carbons (Fsp3) is 0.167. The van der Waals surface area contributed by atoms with Gasteiger partial charge in [-0.25, -0.2) is 0 Å². The van der Waals surface area contributed by atoms with Crippen molar-refractivity contribution in [2.75, 3.05) is 5.73 Å². The zero-order valence-corrected chi connectivity index (χ0v) is 9.18. The van der Waals surface area contributed by atoms with Gasteiger partial charge in [-0.3, -0.25) is 9.89 Å². The number of benzene rings is 1. The van der Waals surface area contributed by atoms with E-state index in [0.29, 0.717) is 12.2 Å². The lowest BCUT2D eigenvalue weighted by Crippen LogP contribution is -1.99. The van der Waals surface area contributed by atoms with Gasteiger partial charge < -0.3 is 10.8 Å². The number of aliphatic carboxylic acids is 1. The first-order valence-electron chi connectivity index (χ1n) is 5.28. The topological polar surface area (TPSA) is 92.0 Å². The fourth-order valence-electron chi connectivity index (χ4n) is 1.73. The Kier molecular flexibility index (Phi) is 3.09. The Morgan fingerprint density at radius 3 is 2.71 bits per heavy atom. The average molecular weight is 231 g/mol. The van der Waals surface area contributed by atoms with Gasteiger partial charge in [0.2, 0.25) is 0 Å². The second-order valence-electron chi connectivity index (χ2n) is 3.72. The van der Waals surface area contributed by atoms with E-state index in [0.717, 1.165) is 16.8 Å². The van der Waals surface area contributed by atoms with E-state index in [-0.39, 0.29) is 6.42 Å². The number of nitrogen functional groups attached to an aromatic ring is 1. The lowest BCUT2D eigenvalue weighted by Gasteiger charge is -2.02. The van der Waals surface area contributed by atoms with Crippen molar-refractivity contribution in [2.45, 2.75) is 12.8 Å². The van der Waals surface area contributed by atoms with Crippen LogP contribution in [-0.4, -0.2) is 21.3 Å². The van der Waals surface area contributed by atoms with Crippen LogP contribution in [0.2, 0.25) is 0 Å². The van der Waals surface area contributed by atoms with Gasteiger partial charge in [0.25, 0.3) is 0 Å². The predicted octanol–water partition coefficient (Wildman–Crippen LogP) is 1.68. The van der Waals surface area contributed by atoms with E-state index in [1.165, 1.54) is 0 Å². The Morgan fingerprint density at radius 2 is 2.06 bits per heavy atom. The maximum atomic E-state index is 10.6. The van der Waals surface area contributed by atoms with Gasteiger partial charge in [0.15, 0.2) is 5.82 Å². The van der Waals surface area contributed by atoms with Gasteiger partial charge in [0, 0.05) is 17.7 Å². The summed E-state index contributed by atoms with van der Waals surface area (Å²) in [6.45, 7) is 0. The van der Waals surface area contributed by atoms with Crippen LogP contribution in [0.5, 0.6) is 0 Å². The van der Waals surface area contributed by atoms with Crippen LogP contribution in [-0.2, 0) is 11.2 Å². The molecule has 0 aliphatic carbocycles. The van der Waals surface area contributed by atoms with E-state index in [1.807, 2.05) is 30.3 Å². The molecule has 2 aromatic rings. The summed E-state index contributed by atoms with van der Waals surface area (Å²) in [5, 5.41) is 15.4.